The second kappa shape index (κ2) is 8.53. The van der Waals surface area contributed by atoms with Crippen molar-refractivity contribution in [3.8, 4) is 0 Å². The first-order chi connectivity index (χ1) is 9.11. The second-order valence-corrected chi connectivity index (χ2v) is 4.91. The van der Waals surface area contributed by atoms with Gasteiger partial charge in [-0.1, -0.05) is 32.9 Å². The molecular formula is C15H25N3O. The lowest BCUT2D eigenvalue weighted by atomic mass is 10.1. The highest BCUT2D eigenvalue weighted by Crippen LogP contribution is 2.10. The van der Waals surface area contributed by atoms with Crippen LogP contribution in [0.4, 0.5) is 5.69 Å². The van der Waals surface area contributed by atoms with E-state index in [4.69, 9.17) is 10.5 Å². The Morgan fingerprint density at radius 2 is 2.21 bits per heavy atom. The van der Waals surface area contributed by atoms with Crippen molar-refractivity contribution in [3.63, 3.8) is 0 Å². The number of aliphatic imine (C=N–C) groups is 1. The summed E-state index contributed by atoms with van der Waals surface area (Å²) in [6.45, 7) is 8.33. The SMILES string of the molecule is CCc1cccc(NC(N)=NCCOCC(C)C)c1. The van der Waals surface area contributed by atoms with Crippen LogP contribution in [-0.4, -0.2) is 25.7 Å². The lowest BCUT2D eigenvalue weighted by molar-refractivity contribution is 0.117. The molecule has 19 heavy (non-hydrogen) atoms. The Balaban J connectivity index is 2.34. The number of nitrogens with one attached hydrogen (secondary N) is 1. The van der Waals surface area contributed by atoms with Gasteiger partial charge in [0.2, 0.25) is 0 Å². The van der Waals surface area contributed by atoms with Gasteiger partial charge in [0.15, 0.2) is 5.96 Å². The quantitative estimate of drug-likeness (QED) is 0.452. The molecule has 0 radical (unpaired) electrons. The Kier molecular flexibility index (Phi) is 6.97. The van der Waals surface area contributed by atoms with Gasteiger partial charge < -0.3 is 15.8 Å². The van der Waals surface area contributed by atoms with Crippen LogP contribution in [-0.2, 0) is 11.2 Å². The molecule has 106 valence electrons. The lowest BCUT2D eigenvalue weighted by Crippen LogP contribution is -2.23. The minimum absolute atomic E-state index is 0.432. The maximum Gasteiger partial charge on any atom is 0.193 e. The van der Waals surface area contributed by atoms with E-state index >= 15 is 0 Å². The van der Waals surface area contributed by atoms with Crippen molar-refractivity contribution in [1.82, 2.24) is 0 Å². The first kappa shape index (κ1) is 15.5. The number of anilines is 1. The van der Waals surface area contributed by atoms with E-state index < -0.39 is 0 Å². The maximum atomic E-state index is 5.82. The van der Waals surface area contributed by atoms with Crippen LogP contribution >= 0.6 is 0 Å². The van der Waals surface area contributed by atoms with Crippen molar-refractivity contribution in [3.05, 3.63) is 29.8 Å². The minimum Gasteiger partial charge on any atom is -0.379 e. The molecule has 3 N–H and O–H groups in total. The molecule has 0 fully saturated rings. The van der Waals surface area contributed by atoms with Crippen LogP contribution in [0.5, 0.6) is 0 Å². The third-order valence-electron chi connectivity index (χ3n) is 2.58. The van der Waals surface area contributed by atoms with Crippen LogP contribution < -0.4 is 11.1 Å². The largest absolute Gasteiger partial charge is 0.379 e. The number of benzene rings is 1. The van der Waals surface area contributed by atoms with E-state index in [1.807, 2.05) is 12.1 Å². The zero-order valence-corrected chi connectivity index (χ0v) is 12.1. The summed E-state index contributed by atoms with van der Waals surface area (Å²) in [7, 11) is 0. The van der Waals surface area contributed by atoms with Crippen molar-refractivity contribution in [1.29, 1.82) is 0 Å². The van der Waals surface area contributed by atoms with E-state index in [1.165, 1.54) is 5.56 Å². The molecule has 0 aliphatic heterocycles. The van der Waals surface area contributed by atoms with E-state index in [1.54, 1.807) is 0 Å². The number of hydrogen-bond donors (Lipinski definition) is 2. The zero-order valence-electron chi connectivity index (χ0n) is 12.1. The molecule has 1 aromatic carbocycles. The predicted octanol–water partition coefficient (Wildman–Crippen LogP) is 2.65. The van der Waals surface area contributed by atoms with Crippen LogP contribution in [0.3, 0.4) is 0 Å². The Bertz CT molecular complexity index is 402. The number of rotatable bonds is 7. The van der Waals surface area contributed by atoms with Gasteiger partial charge in [-0.25, -0.2) is 0 Å². The molecule has 0 atom stereocenters. The number of nitrogens with two attached hydrogens (primary N) is 1. The molecule has 0 aliphatic rings. The molecule has 0 amide bonds. The normalized spacial score (nSPS) is 11.9. The van der Waals surface area contributed by atoms with Crippen LogP contribution in [0.15, 0.2) is 29.3 Å². The Morgan fingerprint density at radius 1 is 1.42 bits per heavy atom. The van der Waals surface area contributed by atoms with Crippen molar-refractivity contribution >= 4 is 11.6 Å². The topological polar surface area (TPSA) is 59.6 Å². The summed E-state index contributed by atoms with van der Waals surface area (Å²) < 4.78 is 5.44. The first-order valence-corrected chi connectivity index (χ1v) is 6.85. The third-order valence-corrected chi connectivity index (χ3v) is 2.58. The monoisotopic (exact) mass is 263 g/mol. The van der Waals surface area contributed by atoms with Gasteiger partial charge in [-0.2, -0.15) is 0 Å². The van der Waals surface area contributed by atoms with Gasteiger partial charge in [-0.3, -0.25) is 4.99 Å². The van der Waals surface area contributed by atoms with Crippen LogP contribution in [0, 0.1) is 5.92 Å². The highest BCUT2D eigenvalue weighted by Gasteiger charge is 1.97. The molecule has 1 rings (SSSR count). The van der Waals surface area contributed by atoms with Crippen molar-refractivity contribution in [2.75, 3.05) is 25.1 Å². The van der Waals surface area contributed by atoms with Gasteiger partial charge >= 0.3 is 0 Å². The fourth-order valence-electron chi connectivity index (χ4n) is 1.61. The Hall–Kier alpha value is -1.55. The van der Waals surface area contributed by atoms with E-state index in [0.29, 0.717) is 25.0 Å². The zero-order chi connectivity index (χ0) is 14.1. The van der Waals surface area contributed by atoms with Crippen molar-refractivity contribution in [2.24, 2.45) is 16.6 Å². The summed E-state index contributed by atoms with van der Waals surface area (Å²) >= 11 is 0. The van der Waals surface area contributed by atoms with E-state index in [0.717, 1.165) is 18.7 Å². The van der Waals surface area contributed by atoms with Crippen LogP contribution in [0.2, 0.25) is 0 Å². The van der Waals surface area contributed by atoms with Crippen LogP contribution in [0.1, 0.15) is 26.3 Å². The van der Waals surface area contributed by atoms with Gasteiger partial charge in [-0.05, 0) is 30.0 Å². The summed E-state index contributed by atoms with van der Waals surface area (Å²) in [4.78, 5) is 4.23. The van der Waals surface area contributed by atoms with E-state index in [9.17, 15) is 0 Å². The molecule has 1 aromatic rings. The Morgan fingerprint density at radius 3 is 2.89 bits per heavy atom. The summed E-state index contributed by atoms with van der Waals surface area (Å²) in [5.74, 6) is 0.984. The first-order valence-electron chi connectivity index (χ1n) is 6.85. The molecule has 4 heteroatoms. The van der Waals surface area contributed by atoms with Gasteiger partial charge in [0, 0.05) is 12.3 Å². The van der Waals surface area contributed by atoms with Gasteiger partial charge in [0.25, 0.3) is 0 Å². The van der Waals surface area contributed by atoms with Crippen molar-refractivity contribution < 1.29 is 4.74 Å². The number of nitrogens with zero attached hydrogens (tertiary/aromatic N) is 1. The number of aryl methyl sites for hydroxylation is 1. The average molecular weight is 263 g/mol. The highest BCUT2D eigenvalue weighted by atomic mass is 16.5. The fourth-order valence-corrected chi connectivity index (χ4v) is 1.61. The number of guanidine groups is 1. The molecule has 0 aliphatic carbocycles. The molecule has 0 heterocycles. The fraction of sp³-hybridized carbons (Fsp3) is 0.533. The second-order valence-electron chi connectivity index (χ2n) is 4.91. The van der Waals surface area contributed by atoms with Gasteiger partial charge in [0.1, 0.15) is 0 Å². The predicted molar refractivity (Wildman–Crippen MR) is 81.6 cm³/mol. The molecular weight excluding hydrogens is 238 g/mol. The minimum atomic E-state index is 0.432. The molecule has 0 bridgehead atoms. The molecule has 0 saturated carbocycles. The summed E-state index contributed by atoms with van der Waals surface area (Å²) in [5.41, 5.74) is 8.07. The van der Waals surface area contributed by atoms with Crippen LogP contribution in [0.25, 0.3) is 0 Å². The summed E-state index contributed by atoms with van der Waals surface area (Å²) in [6, 6.07) is 8.17. The number of ether oxygens (including phenoxy) is 1. The third kappa shape index (κ3) is 6.82. The molecule has 0 saturated heterocycles. The highest BCUT2D eigenvalue weighted by molar-refractivity contribution is 5.92. The molecule has 0 unspecified atom stereocenters. The van der Waals surface area contributed by atoms with Crippen molar-refractivity contribution in [2.45, 2.75) is 27.2 Å². The average Bonchev–Trinajstić information content (AvgIpc) is 2.38. The lowest BCUT2D eigenvalue weighted by Gasteiger charge is -2.08. The van der Waals surface area contributed by atoms with Gasteiger partial charge in [0.05, 0.1) is 13.2 Å². The molecule has 0 spiro atoms. The molecule has 0 aromatic heterocycles. The summed E-state index contributed by atoms with van der Waals surface area (Å²) in [5, 5.41) is 3.09. The molecule has 4 nitrogen and oxygen atoms in total. The smallest absolute Gasteiger partial charge is 0.193 e. The van der Waals surface area contributed by atoms with E-state index in [-0.39, 0.29) is 0 Å². The maximum absolute atomic E-state index is 5.82. The van der Waals surface area contributed by atoms with Gasteiger partial charge in [-0.15, -0.1) is 0 Å². The standard InChI is InChI=1S/C15H25N3O/c1-4-13-6-5-7-14(10-13)18-15(16)17-8-9-19-11-12(2)3/h5-7,10,12H,4,8-9,11H2,1-3H3,(H3,16,17,18). The summed E-state index contributed by atoms with van der Waals surface area (Å²) in [6.07, 6.45) is 1.01. The van der Waals surface area contributed by atoms with E-state index in [2.05, 4.69) is 43.2 Å². The number of hydrogen-bond acceptors (Lipinski definition) is 2. The Labute approximate surface area is 116 Å².